The van der Waals surface area contributed by atoms with Gasteiger partial charge in [-0.3, -0.25) is 0 Å². The minimum absolute atomic E-state index is 0.105. The van der Waals surface area contributed by atoms with Gasteiger partial charge in [-0.15, -0.1) is 0 Å². The van der Waals surface area contributed by atoms with Gasteiger partial charge in [0.25, 0.3) is 0 Å². The average Bonchev–Trinajstić information content (AvgIpc) is 3.05. The van der Waals surface area contributed by atoms with Crippen LogP contribution in [-0.2, 0) is 0 Å². The summed E-state index contributed by atoms with van der Waals surface area (Å²) < 4.78 is 0. The topological polar surface area (TPSA) is 40.5 Å². The molecule has 0 aromatic rings. The van der Waals surface area contributed by atoms with E-state index in [0.29, 0.717) is 28.6 Å². The van der Waals surface area contributed by atoms with Crippen LogP contribution in [0.4, 0.5) is 0 Å². The van der Waals surface area contributed by atoms with Crippen LogP contribution in [0.1, 0.15) is 99.3 Å². The van der Waals surface area contributed by atoms with Gasteiger partial charge in [0.05, 0.1) is 12.2 Å². The van der Waals surface area contributed by atoms with Gasteiger partial charge in [0.15, 0.2) is 0 Å². The molecule has 0 heterocycles. The maximum atomic E-state index is 10.8. The van der Waals surface area contributed by atoms with Gasteiger partial charge in [-0.25, -0.2) is 0 Å². The number of hydrogen-bond donors (Lipinski definition) is 2. The largest absolute Gasteiger partial charge is 0.393 e. The van der Waals surface area contributed by atoms with Crippen LogP contribution < -0.4 is 0 Å². The van der Waals surface area contributed by atoms with Gasteiger partial charge in [-0.05, 0) is 110 Å². The van der Waals surface area contributed by atoms with Gasteiger partial charge in [-0.1, -0.05) is 53.2 Å². The Morgan fingerprint density at radius 3 is 2.43 bits per heavy atom. The smallest absolute Gasteiger partial charge is 0.0577 e. The molecule has 0 spiro atoms. The Balaban J connectivity index is 1.50. The molecule has 10 atom stereocenters. The third kappa shape index (κ3) is 3.62. The van der Waals surface area contributed by atoms with E-state index in [9.17, 15) is 10.2 Å². The lowest BCUT2D eigenvalue weighted by Crippen LogP contribution is -2.51. The van der Waals surface area contributed by atoms with Crippen molar-refractivity contribution in [2.75, 3.05) is 0 Å². The molecule has 0 radical (unpaired) electrons. The summed E-state index contributed by atoms with van der Waals surface area (Å²) in [6.07, 6.45) is 13.1. The predicted octanol–water partition coefficient (Wildman–Crippen LogP) is 6.61. The van der Waals surface area contributed by atoms with Crippen molar-refractivity contribution in [3.8, 4) is 0 Å². The summed E-state index contributed by atoms with van der Waals surface area (Å²) in [5.74, 6) is 4.83. The summed E-state index contributed by atoms with van der Waals surface area (Å²) in [6.45, 7) is 14.3. The van der Waals surface area contributed by atoms with Crippen LogP contribution in [0, 0.1) is 52.3 Å². The molecule has 0 aromatic carbocycles. The van der Waals surface area contributed by atoms with Crippen molar-refractivity contribution in [2.24, 2.45) is 52.3 Å². The highest BCUT2D eigenvalue weighted by Crippen LogP contribution is 2.67. The molecule has 3 saturated carbocycles. The predicted molar refractivity (Wildman–Crippen MR) is 125 cm³/mol. The van der Waals surface area contributed by atoms with Gasteiger partial charge in [-0.2, -0.15) is 0 Å². The van der Waals surface area contributed by atoms with Gasteiger partial charge < -0.3 is 10.2 Å². The first-order chi connectivity index (χ1) is 14.1. The van der Waals surface area contributed by atoms with E-state index in [1.807, 2.05) is 0 Å². The van der Waals surface area contributed by atoms with E-state index in [2.05, 4.69) is 47.6 Å². The molecule has 4 aliphatic rings. The quantitative estimate of drug-likeness (QED) is 0.495. The standard InChI is InChI=1S/C28H48O2/c1-17(2)19(4)26(30)15-18(3)23-9-10-24-22-8-7-20-16-21(29)11-13-27(20,5)25(22)12-14-28(23,24)6/h7,17-19,21-26,29-30H,8-16H2,1-6H3/t18-,19-,21+,22?,23-,24?,25?,26+,27+,28-/m1/s1. The lowest BCUT2D eigenvalue weighted by molar-refractivity contribution is -0.0609. The van der Waals surface area contributed by atoms with Crippen LogP contribution in [0.15, 0.2) is 11.6 Å². The zero-order valence-corrected chi connectivity index (χ0v) is 20.5. The minimum atomic E-state index is -0.160. The molecule has 4 aliphatic carbocycles. The molecular formula is C28H48O2. The molecule has 30 heavy (non-hydrogen) atoms. The highest BCUT2D eigenvalue weighted by molar-refractivity contribution is 5.25. The van der Waals surface area contributed by atoms with Crippen LogP contribution in [0.3, 0.4) is 0 Å². The third-order valence-electron chi connectivity index (χ3n) is 11.1. The van der Waals surface area contributed by atoms with Crippen LogP contribution in [-0.4, -0.2) is 22.4 Å². The number of aliphatic hydroxyl groups excluding tert-OH is 2. The van der Waals surface area contributed by atoms with E-state index in [1.54, 1.807) is 5.57 Å². The summed E-state index contributed by atoms with van der Waals surface area (Å²) in [4.78, 5) is 0. The highest BCUT2D eigenvalue weighted by atomic mass is 16.3. The van der Waals surface area contributed by atoms with Crippen molar-refractivity contribution < 1.29 is 10.2 Å². The molecule has 2 nitrogen and oxygen atoms in total. The van der Waals surface area contributed by atoms with E-state index in [4.69, 9.17) is 0 Å². The zero-order chi connectivity index (χ0) is 21.8. The normalized spacial score (nSPS) is 46.4. The summed E-state index contributed by atoms with van der Waals surface area (Å²) in [6, 6.07) is 0. The van der Waals surface area contributed by atoms with Crippen molar-refractivity contribution in [3.05, 3.63) is 11.6 Å². The molecule has 0 amide bonds. The number of hydrogen-bond acceptors (Lipinski definition) is 2. The fourth-order valence-electron chi connectivity index (χ4n) is 8.82. The Hall–Kier alpha value is -0.340. The van der Waals surface area contributed by atoms with Crippen LogP contribution in [0.5, 0.6) is 0 Å². The van der Waals surface area contributed by atoms with Crippen molar-refractivity contribution in [1.82, 2.24) is 0 Å². The molecule has 0 aromatic heterocycles. The second kappa shape index (κ2) is 8.22. The van der Waals surface area contributed by atoms with Crippen LogP contribution in [0.2, 0.25) is 0 Å². The molecule has 0 bridgehead atoms. The van der Waals surface area contributed by atoms with E-state index in [0.717, 1.165) is 42.9 Å². The van der Waals surface area contributed by atoms with E-state index < -0.39 is 0 Å². The van der Waals surface area contributed by atoms with Crippen molar-refractivity contribution in [3.63, 3.8) is 0 Å². The molecule has 4 rings (SSSR count). The minimum Gasteiger partial charge on any atom is -0.393 e. The lowest BCUT2D eigenvalue weighted by atomic mass is 9.47. The van der Waals surface area contributed by atoms with Gasteiger partial charge >= 0.3 is 0 Å². The molecule has 0 aliphatic heterocycles. The van der Waals surface area contributed by atoms with Crippen LogP contribution >= 0.6 is 0 Å². The van der Waals surface area contributed by atoms with E-state index >= 15 is 0 Å². The van der Waals surface area contributed by atoms with Crippen molar-refractivity contribution in [2.45, 2.75) is 112 Å². The SMILES string of the molecule is CC(C)[C@@H](C)[C@@H](O)C[C@@H](C)[C@H]1CCC2C3CC=C4C[C@@H](O)CC[C@]4(C)C3CC[C@@]21C. The van der Waals surface area contributed by atoms with Gasteiger partial charge in [0.2, 0.25) is 0 Å². The second-order valence-electron chi connectivity index (χ2n) is 12.8. The Bertz CT molecular complexity index is 653. The highest BCUT2D eigenvalue weighted by Gasteiger charge is 2.59. The second-order valence-corrected chi connectivity index (χ2v) is 12.8. The first-order valence-corrected chi connectivity index (χ1v) is 13.1. The molecule has 2 N–H and O–H groups in total. The number of aliphatic hydroxyl groups is 2. The van der Waals surface area contributed by atoms with E-state index in [1.165, 1.54) is 38.5 Å². The van der Waals surface area contributed by atoms with Crippen LogP contribution in [0.25, 0.3) is 0 Å². The lowest BCUT2D eigenvalue weighted by Gasteiger charge is -2.58. The maximum Gasteiger partial charge on any atom is 0.0577 e. The molecule has 3 unspecified atom stereocenters. The first-order valence-electron chi connectivity index (χ1n) is 13.1. The molecule has 3 fully saturated rings. The summed E-state index contributed by atoms with van der Waals surface area (Å²) >= 11 is 0. The Morgan fingerprint density at radius 2 is 1.73 bits per heavy atom. The summed E-state index contributed by atoms with van der Waals surface area (Å²) in [5.41, 5.74) is 2.38. The molecule has 0 saturated heterocycles. The molecule has 172 valence electrons. The third-order valence-corrected chi connectivity index (χ3v) is 11.1. The Kier molecular flexibility index (Phi) is 6.26. The molecule has 2 heteroatoms. The van der Waals surface area contributed by atoms with Crippen molar-refractivity contribution in [1.29, 1.82) is 0 Å². The molecular weight excluding hydrogens is 368 g/mol. The van der Waals surface area contributed by atoms with Gasteiger partial charge in [0, 0.05) is 0 Å². The summed E-state index contributed by atoms with van der Waals surface area (Å²) in [5, 5.41) is 21.1. The fraction of sp³-hybridized carbons (Fsp3) is 0.929. The fourth-order valence-corrected chi connectivity index (χ4v) is 8.82. The number of fused-ring (bicyclic) bond motifs is 5. The van der Waals surface area contributed by atoms with Crippen molar-refractivity contribution >= 4 is 0 Å². The Morgan fingerprint density at radius 1 is 1.00 bits per heavy atom. The first kappa shape index (κ1) is 22.8. The monoisotopic (exact) mass is 416 g/mol. The Labute approximate surface area is 185 Å². The zero-order valence-electron chi connectivity index (χ0n) is 20.5. The van der Waals surface area contributed by atoms with E-state index in [-0.39, 0.29) is 12.2 Å². The average molecular weight is 417 g/mol. The maximum absolute atomic E-state index is 10.8. The summed E-state index contributed by atoms with van der Waals surface area (Å²) in [7, 11) is 0. The number of rotatable bonds is 5. The number of allylic oxidation sites excluding steroid dienone is 1. The van der Waals surface area contributed by atoms with Gasteiger partial charge in [0.1, 0.15) is 0 Å².